The van der Waals surface area contributed by atoms with Crippen LogP contribution in [0.2, 0.25) is 0 Å². The number of nitrogens with one attached hydrogen (secondary N) is 2. The summed E-state index contributed by atoms with van der Waals surface area (Å²) in [6, 6.07) is 14.2. The summed E-state index contributed by atoms with van der Waals surface area (Å²) in [5, 5.41) is 2.99. The predicted octanol–water partition coefficient (Wildman–Crippen LogP) is 1.04. The summed E-state index contributed by atoms with van der Waals surface area (Å²) in [4.78, 5) is 15.8. The van der Waals surface area contributed by atoms with Gasteiger partial charge in [0, 0.05) is 25.3 Å². The van der Waals surface area contributed by atoms with Crippen LogP contribution in [0.15, 0.2) is 48.5 Å². The van der Waals surface area contributed by atoms with Gasteiger partial charge < -0.3 is 24.6 Å². The zero-order valence-corrected chi connectivity index (χ0v) is 17.0. The minimum Gasteiger partial charge on any atom is -0.484 e. The quantitative estimate of drug-likeness (QED) is 0.693. The zero-order chi connectivity index (χ0) is 20.6. The third-order valence-electron chi connectivity index (χ3n) is 5.13. The molecule has 1 aliphatic heterocycles. The van der Waals surface area contributed by atoms with Gasteiger partial charge >= 0.3 is 0 Å². The molecule has 1 fully saturated rings. The Balaban J connectivity index is 1.60. The lowest BCUT2D eigenvalue weighted by atomic mass is 10.0. The van der Waals surface area contributed by atoms with Gasteiger partial charge in [-0.1, -0.05) is 12.1 Å². The summed E-state index contributed by atoms with van der Waals surface area (Å²) in [6.45, 7) is 3.68. The second-order valence-corrected chi connectivity index (χ2v) is 7.36. The SMILES string of the molecule is CN(C)c1ccc([C@H](CNC(=O)COc2ccc(F)cc2)[NH+]2CCOCC2)cc1. The second kappa shape index (κ2) is 10.2. The van der Waals surface area contributed by atoms with Crippen molar-refractivity contribution >= 4 is 11.6 Å². The van der Waals surface area contributed by atoms with Crippen LogP contribution in [-0.2, 0) is 9.53 Å². The number of anilines is 1. The number of carbonyl (C=O) groups excluding carboxylic acids is 1. The summed E-state index contributed by atoms with van der Waals surface area (Å²) in [6.07, 6.45) is 0. The fourth-order valence-electron chi connectivity index (χ4n) is 3.43. The molecule has 156 valence electrons. The Bertz CT molecular complexity index is 775. The molecule has 0 spiro atoms. The highest BCUT2D eigenvalue weighted by molar-refractivity contribution is 5.77. The number of amides is 1. The van der Waals surface area contributed by atoms with Crippen LogP contribution in [0.4, 0.5) is 10.1 Å². The van der Waals surface area contributed by atoms with Gasteiger partial charge in [-0.25, -0.2) is 4.39 Å². The molecule has 0 aromatic heterocycles. The van der Waals surface area contributed by atoms with Gasteiger partial charge in [-0.3, -0.25) is 4.79 Å². The van der Waals surface area contributed by atoms with Crippen molar-refractivity contribution in [1.29, 1.82) is 0 Å². The Morgan fingerprint density at radius 2 is 1.79 bits per heavy atom. The van der Waals surface area contributed by atoms with Gasteiger partial charge in [0.25, 0.3) is 5.91 Å². The Morgan fingerprint density at radius 1 is 1.14 bits per heavy atom. The van der Waals surface area contributed by atoms with Gasteiger partial charge in [0.1, 0.15) is 30.7 Å². The maximum Gasteiger partial charge on any atom is 0.258 e. The van der Waals surface area contributed by atoms with Crippen molar-refractivity contribution in [2.24, 2.45) is 0 Å². The lowest BCUT2D eigenvalue weighted by Crippen LogP contribution is -3.15. The molecule has 1 aliphatic rings. The van der Waals surface area contributed by atoms with Crippen LogP contribution in [0, 0.1) is 5.82 Å². The standard InChI is InChI=1S/C22H28FN3O3/c1-25(2)19-7-3-17(4-8-19)21(26-11-13-28-14-12-26)15-24-22(27)16-29-20-9-5-18(23)6-10-20/h3-10,21H,11-16H2,1-2H3,(H,24,27)/p+1/t21-/m0/s1. The highest BCUT2D eigenvalue weighted by Gasteiger charge is 2.27. The van der Waals surface area contributed by atoms with Crippen molar-refractivity contribution in [3.05, 3.63) is 59.9 Å². The topological polar surface area (TPSA) is 55.2 Å². The van der Waals surface area contributed by atoms with E-state index >= 15 is 0 Å². The lowest BCUT2D eigenvalue weighted by molar-refractivity contribution is -0.937. The molecule has 2 aromatic rings. The highest BCUT2D eigenvalue weighted by atomic mass is 19.1. The Morgan fingerprint density at radius 3 is 2.41 bits per heavy atom. The third-order valence-corrected chi connectivity index (χ3v) is 5.13. The van der Waals surface area contributed by atoms with E-state index in [0.29, 0.717) is 12.3 Å². The maximum absolute atomic E-state index is 13.0. The molecule has 6 nitrogen and oxygen atoms in total. The van der Waals surface area contributed by atoms with E-state index in [2.05, 4.69) is 34.5 Å². The first-order chi connectivity index (χ1) is 14.0. The van der Waals surface area contributed by atoms with Crippen LogP contribution in [0.25, 0.3) is 0 Å². The van der Waals surface area contributed by atoms with Crippen LogP contribution in [0.5, 0.6) is 5.75 Å². The normalized spacial score (nSPS) is 15.6. The summed E-state index contributed by atoms with van der Waals surface area (Å²) in [5.74, 6) is -0.0634. The molecule has 1 amide bonds. The van der Waals surface area contributed by atoms with Crippen molar-refractivity contribution in [3.8, 4) is 5.75 Å². The van der Waals surface area contributed by atoms with Crippen LogP contribution >= 0.6 is 0 Å². The van der Waals surface area contributed by atoms with Crippen LogP contribution in [0.1, 0.15) is 11.6 Å². The molecule has 1 atom stereocenters. The first-order valence-electron chi connectivity index (χ1n) is 9.87. The Kier molecular flexibility index (Phi) is 7.43. The molecule has 2 aromatic carbocycles. The van der Waals surface area contributed by atoms with E-state index in [1.807, 2.05) is 14.1 Å². The highest BCUT2D eigenvalue weighted by Crippen LogP contribution is 2.16. The molecular formula is C22H29FN3O3+. The minimum absolute atomic E-state index is 0.101. The fraction of sp³-hybridized carbons (Fsp3) is 0.409. The fourth-order valence-corrected chi connectivity index (χ4v) is 3.43. The first kappa shape index (κ1) is 21.1. The number of hydrogen-bond acceptors (Lipinski definition) is 4. The first-order valence-corrected chi connectivity index (χ1v) is 9.87. The van der Waals surface area contributed by atoms with Crippen molar-refractivity contribution < 1.29 is 23.6 Å². The van der Waals surface area contributed by atoms with Crippen molar-refractivity contribution in [2.45, 2.75) is 6.04 Å². The average Bonchev–Trinajstić information content (AvgIpc) is 2.74. The van der Waals surface area contributed by atoms with Gasteiger partial charge in [0.05, 0.1) is 19.8 Å². The van der Waals surface area contributed by atoms with Crippen LogP contribution < -0.4 is 19.9 Å². The number of halogens is 1. The number of rotatable bonds is 8. The summed E-state index contributed by atoms with van der Waals surface area (Å²) < 4.78 is 23.9. The Labute approximate surface area is 171 Å². The number of carbonyl (C=O) groups is 1. The van der Waals surface area contributed by atoms with Crippen molar-refractivity contribution in [1.82, 2.24) is 5.32 Å². The molecular weight excluding hydrogens is 373 g/mol. The molecule has 3 rings (SSSR count). The van der Waals surface area contributed by atoms with Gasteiger partial charge in [0.2, 0.25) is 0 Å². The number of ether oxygens (including phenoxy) is 2. The molecule has 7 heteroatoms. The maximum atomic E-state index is 13.0. The third kappa shape index (κ3) is 6.17. The number of quaternary nitrogens is 1. The van der Waals surface area contributed by atoms with Crippen molar-refractivity contribution in [2.75, 3.05) is 58.5 Å². The van der Waals surface area contributed by atoms with E-state index in [1.165, 1.54) is 34.7 Å². The largest absolute Gasteiger partial charge is 0.484 e. The zero-order valence-electron chi connectivity index (χ0n) is 17.0. The van der Waals surface area contributed by atoms with E-state index in [-0.39, 0.29) is 24.4 Å². The van der Waals surface area contributed by atoms with E-state index in [0.717, 1.165) is 32.0 Å². The van der Waals surface area contributed by atoms with Gasteiger partial charge in [-0.15, -0.1) is 0 Å². The molecule has 2 N–H and O–H groups in total. The molecule has 0 aliphatic carbocycles. The molecule has 1 saturated heterocycles. The monoisotopic (exact) mass is 402 g/mol. The van der Waals surface area contributed by atoms with E-state index < -0.39 is 0 Å². The lowest BCUT2D eigenvalue weighted by Gasteiger charge is -2.32. The Hall–Kier alpha value is -2.64. The number of morpholine rings is 1. The van der Waals surface area contributed by atoms with E-state index in [4.69, 9.17) is 9.47 Å². The van der Waals surface area contributed by atoms with E-state index in [9.17, 15) is 9.18 Å². The average molecular weight is 402 g/mol. The number of nitrogens with zero attached hydrogens (tertiary/aromatic N) is 1. The summed E-state index contributed by atoms with van der Waals surface area (Å²) in [7, 11) is 4.03. The molecule has 0 saturated carbocycles. The molecule has 0 bridgehead atoms. The van der Waals surface area contributed by atoms with Crippen LogP contribution in [-0.4, -0.2) is 59.5 Å². The molecule has 1 heterocycles. The van der Waals surface area contributed by atoms with Gasteiger partial charge in [0.15, 0.2) is 6.61 Å². The minimum atomic E-state index is -0.335. The van der Waals surface area contributed by atoms with Gasteiger partial charge in [-0.2, -0.15) is 0 Å². The summed E-state index contributed by atoms with van der Waals surface area (Å²) in [5.41, 5.74) is 2.33. The number of benzene rings is 2. The number of hydrogen-bond donors (Lipinski definition) is 2. The molecule has 0 unspecified atom stereocenters. The van der Waals surface area contributed by atoms with Crippen molar-refractivity contribution in [3.63, 3.8) is 0 Å². The van der Waals surface area contributed by atoms with E-state index in [1.54, 1.807) is 0 Å². The predicted molar refractivity (Wildman–Crippen MR) is 110 cm³/mol. The molecule has 0 radical (unpaired) electrons. The molecule has 29 heavy (non-hydrogen) atoms. The van der Waals surface area contributed by atoms with Gasteiger partial charge in [-0.05, 0) is 36.4 Å². The smallest absolute Gasteiger partial charge is 0.258 e. The second-order valence-electron chi connectivity index (χ2n) is 7.36. The van der Waals surface area contributed by atoms with Crippen LogP contribution in [0.3, 0.4) is 0 Å². The summed E-state index contributed by atoms with van der Waals surface area (Å²) >= 11 is 0.